The molecule has 0 saturated carbocycles. The quantitative estimate of drug-likeness (QED) is 0.776. The topological polar surface area (TPSA) is 59.0 Å². The van der Waals surface area contributed by atoms with Crippen LogP contribution in [0.25, 0.3) is 0 Å². The fourth-order valence-electron chi connectivity index (χ4n) is 2.50. The van der Waals surface area contributed by atoms with Crippen LogP contribution >= 0.6 is 0 Å². The normalized spacial score (nSPS) is 20.2. The highest BCUT2D eigenvalue weighted by Gasteiger charge is 2.29. The summed E-state index contributed by atoms with van der Waals surface area (Å²) in [5, 5.41) is 8.82. The van der Waals surface area contributed by atoms with Gasteiger partial charge in [0.2, 0.25) is 6.29 Å². The first-order chi connectivity index (χ1) is 11.5. The van der Waals surface area contributed by atoms with Gasteiger partial charge >= 0.3 is 0 Å². The summed E-state index contributed by atoms with van der Waals surface area (Å²) >= 11 is 0. The van der Waals surface area contributed by atoms with Gasteiger partial charge in [-0.05, 0) is 36.6 Å². The molecule has 1 heterocycles. The zero-order valence-corrected chi connectivity index (χ0v) is 14.1. The summed E-state index contributed by atoms with van der Waals surface area (Å²) in [6.07, 6.45) is 3.16. The Morgan fingerprint density at radius 2 is 2.04 bits per heavy atom. The van der Waals surface area contributed by atoms with Crippen molar-refractivity contribution in [1.29, 1.82) is 0 Å². The molecule has 24 heavy (non-hydrogen) atoms. The first-order valence-electron chi connectivity index (χ1n) is 8.09. The Morgan fingerprint density at radius 3 is 2.67 bits per heavy atom. The van der Waals surface area contributed by atoms with Crippen molar-refractivity contribution in [1.82, 2.24) is 4.90 Å². The molecular formula is C18H24FNO4. The van der Waals surface area contributed by atoms with E-state index in [2.05, 4.69) is 0 Å². The molecule has 132 valence electrons. The highest BCUT2D eigenvalue weighted by Crippen LogP contribution is 2.32. The van der Waals surface area contributed by atoms with E-state index in [9.17, 15) is 9.18 Å². The zero-order chi connectivity index (χ0) is 17.5. The third-order valence-electron chi connectivity index (χ3n) is 3.83. The van der Waals surface area contributed by atoms with Crippen LogP contribution in [0.4, 0.5) is 4.39 Å². The summed E-state index contributed by atoms with van der Waals surface area (Å²) < 4.78 is 24.5. The molecule has 2 atom stereocenters. The number of unbranched alkanes of at least 4 members (excludes halogenated alkanes) is 1. The molecular weight excluding hydrogens is 313 g/mol. The second-order valence-electron chi connectivity index (χ2n) is 5.97. The Kier molecular flexibility index (Phi) is 6.75. The van der Waals surface area contributed by atoms with Crippen LogP contribution in [0, 0.1) is 5.82 Å². The number of allylic oxidation sites excluding steroid dienone is 1. The number of amides is 1. The van der Waals surface area contributed by atoms with Crippen molar-refractivity contribution in [2.24, 2.45) is 0 Å². The molecule has 5 nitrogen and oxygen atoms in total. The van der Waals surface area contributed by atoms with Crippen LogP contribution in [0.1, 0.15) is 30.7 Å². The van der Waals surface area contributed by atoms with Crippen molar-refractivity contribution in [3.8, 4) is 0 Å². The molecule has 1 N–H and O–H groups in total. The molecule has 1 aliphatic heterocycles. The fraction of sp³-hybridized carbons (Fsp3) is 0.500. The van der Waals surface area contributed by atoms with Gasteiger partial charge in [0, 0.05) is 33.0 Å². The number of hydrogen-bond acceptors (Lipinski definition) is 4. The molecule has 1 aromatic carbocycles. The molecule has 0 radical (unpaired) electrons. The first-order valence-corrected chi connectivity index (χ1v) is 8.09. The highest BCUT2D eigenvalue weighted by molar-refractivity contribution is 5.91. The van der Waals surface area contributed by atoms with Gasteiger partial charge in [0.15, 0.2) is 5.76 Å². The van der Waals surface area contributed by atoms with E-state index in [1.807, 2.05) is 0 Å². The van der Waals surface area contributed by atoms with Crippen LogP contribution in [0.5, 0.6) is 0 Å². The van der Waals surface area contributed by atoms with Crippen LogP contribution in [0.15, 0.2) is 36.1 Å². The molecule has 0 unspecified atom stereocenters. The number of halogens is 1. The van der Waals surface area contributed by atoms with E-state index in [0.717, 1.165) is 12.0 Å². The fourth-order valence-corrected chi connectivity index (χ4v) is 2.50. The standard InChI is InChI=1S/C18H24FNO4/c1-20(2)18(22)16-11-14(13-5-7-15(19)8-6-13)12-17(24-16)23-10-4-3-9-21/h5-8,11,14,17,21H,3-4,9-10,12H2,1-2H3/t14-,17+/m0/s1. The van der Waals surface area contributed by atoms with E-state index in [-0.39, 0.29) is 30.0 Å². The minimum absolute atomic E-state index is 0.0823. The lowest BCUT2D eigenvalue weighted by molar-refractivity contribution is -0.151. The van der Waals surface area contributed by atoms with E-state index in [4.69, 9.17) is 14.6 Å². The van der Waals surface area contributed by atoms with Crippen molar-refractivity contribution >= 4 is 5.91 Å². The summed E-state index contributed by atoms with van der Waals surface area (Å²) in [7, 11) is 3.32. The van der Waals surface area contributed by atoms with E-state index in [1.54, 1.807) is 32.3 Å². The van der Waals surface area contributed by atoms with Gasteiger partial charge in [0.05, 0.1) is 6.61 Å². The van der Waals surface area contributed by atoms with Crippen LogP contribution < -0.4 is 0 Å². The summed E-state index contributed by atoms with van der Waals surface area (Å²) in [6.45, 7) is 0.572. The molecule has 0 saturated heterocycles. The molecule has 0 aromatic heterocycles. The molecule has 1 aromatic rings. The lowest BCUT2D eigenvalue weighted by Gasteiger charge is -2.30. The van der Waals surface area contributed by atoms with Gasteiger partial charge in [-0.15, -0.1) is 0 Å². The van der Waals surface area contributed by atoms with Gasteiger partial charge in [-0.2, -0.15) is 0 Å². The minimum atomic E-state index is -0.539. The molecule has 0 aliphatic carbocycles. The van der Waals surface area contributed by atoms with Crippen molar-refractivity contribution in [2.45, 2.75) is 31.5 Å². The van der Waals surface area contributed by atoms with E-state index < -0.39 is 6.29 Å². The molecule has 1 amide bonds. The molecule has 0 bridgehead atoms. The van der Waals surface area contributed by atoms with Crippen molar-refractivity contribution in [3.63, 3.8) is 0 Å². The maximum absolute atomic E-state index is 13.1. The Labute approximate surface area is 141 Å². The largest absolute Gasteiger partial charge is 0.459 e. The van der Waals surface area contributed by atoms with Crippen LogP contribution in [-0.2, 0) is 14.3 Å². The first kappa shape index (κ1) is 18.4. The Morgan fingerprint density at radius 1 is 1.33 bits per heavy atom. The average molecular weight is 337 g/mol. The van der Waals surface area contributed by atoms with Gasteiger partial charge in [-0.25, -0.2) is 4.39 Å². The highest BCUT2D eigenvalue weighted by atomic mass is 19.1. The third kappa shape index (κ3) is 5.04. The lowest BCUT2D eigenvalue weighted by atomic mass is 9.93. The molecule has 6 heteroatoms. The molecule has 1 aliphatic rings. The molecule has 2 rings (SSSR count). The predicted molar refractivity (Wildman–Crippen MR) is 87.7 cm³/mol. The Balaban J connectivity index is 2.13. The number of ether oxygens (including phenoxy) is 2. The number of likely N-dealkylation sites (N-methyl/N-ethyl adjacent to an activating group) is 1. The number of carbonyl (C=O) groups excluding carboxylic acids is 1. The number of rotatable bonds is 7. The molecule has 0 spiro atoms. The van der Waals surface area contributed by atoms with Gasteiger partial charge < -0.3 is 19.5 Å². The van der Waals surface area contributed by atoms with Gasteiger partial charge in [-0.1, -0.05) is 12.1 Å². The maximum Gasteiger partial charge on any atom is 0.288 e. The van der Waals surface area contributed by atoms with Crippen LogP contribution in [0.2, 0.25) is 0 Å². The molecule has 0 fully saturated rings. The van der Waals surface area contributed by atoms with Crippen LogP contribution in [-0.4, -0.2) is 49.5 Å². The van der Waals surface area contributed by atoms with Gasteiger partial charge in [-0.3, -0.25) is 4.79 Å². The van der Waals surface area contributed by atoms with E-state index in [1.165, 1.54) is 17.0 Å². The number of aliphatic hydroxyl groups is 1. The smallest absolute Gasteiger partial charge is 0.288 e. The SMILES string of the molecule is CN(C)C(=O)C1=C[C@H](c2ccc(F)cc2)C[C@H](OCCCCO)O1. The average Bonchev–Trinajstić information content (AvgIpc) is 2.58. The van der Waals surface area contributed by atoms with Crippen molar-refractivity contribution < 1.29 is 23.8 Å². The Bertz CT molecular complexity index is 571. The predicted octanol–water partition coefficient (Wildman–Crippen LogP) is 2.42. The number of benzene rings is 1. The summed E-state index contributed by atoms with van der Waals surface area (Å²) in [5.41, 5.74) is 0.910. The lowest BCUT2D eigenvalue weighted by Crippen LogP contribution is -2.32. The number of carbonyl (C=O) groups is 1. The number of aliphatic hydroxyl groups excluding tert-OH is 1. The third-order valence-corrected chi connectivity index (χ3v) is 3.83. The van der Waals surface area contributed by atoms with E-state index >= 15 is 0 Å². The van der Waals surface area contributed by atoms with Crippen molar-refractivity contribution in [2.75, 3.05) is 27.3 Å². The van der Waals surface area contributed by atoms with Crippen molar-refractivity contribution in [3.05, 3.63) is 47.5 Å². The second kappa shape index (κ2) is 8.80. The van der Waals surface area contributed by atoms with Gasteiger partial charge in [0.1, 0.15) is 5.82 Å². The van der Waals surface area contributed by atoms with Crippen LogP contribution in [0.3, 0.4) is 0 Å². The van der Waals surface area contributed by atoms with Gasteiger partial charge in [0.25, 0.3) is 5.91 Å². The number of hydrogen-bond donors (Lipinski definition) is 1. The summed E-state index contributed by atoms with van der Waals surface area (Å²) in [4.78, 5) is 13.7. The van der Waals surface area contributed by atoms with E-state index in [0.29, 0.717) is 19.4 Å². The minimum Gasteiger partial charge on any atom is -0.459 e. The second-order valence-corrected chi connectivity index (χ2v) is 5.97. The Hall–Kier alpha value is -1.92. The monoisotopic (exact) mass is 337 g/mol. The summed E-state index contributed by atoms with van der Waals surface area (Å²) in [6, 6.07) is 6.23. The zero-order valence-electron chi connectivity index (χ0n) is 14.1. The maximum atomic E-state index is 13.1. The number of nitrogens with zero attached hydrogens (tertiary/aromatic N) is 1. The summed E-state index contributed by atoms with van der Waals surface area (Å²) in [5.74, 6) is -0.365.